The van der Waals surface area contributed by atoms with Gasteiger partial charge in [-0.15, -0.1) is 0 Å². The Kier molecular flexibility index (Phi) is 6.14. The first-order valence-electron chi connectivity index (χ1n) is 10.7. The fourth-order valence-electron chi connectivity index (χ4n) is 5.11. The average molecular weight is 428 g/mol. The lowest BCUT2D eigenvalue weighted by molar-refractivity contribution is -0.142. The van der Waals surface area contributed by atoms with Crippen LogP contribution in [0.25, 0.3) is 0 Å². The van der Waals surface area contributed by atoms with Crippen LogP contribution in [-0.4, -0.2) is 38.1 Å². The molecule has 160 valence electrons. The van der Waals surface area contributed by atoms with Crippen LogP contribution in [0.1, 0.15) is 37.7 Å². The van der Waals surface area contributed by atoms with Crippen LogP contribution in [0.3, 0.4) is 0 Å². The van der Waals surface area contributed by atoms with Crippen molar-refractivity contribution in [1.82, 2.24) is 4.90 Å². The lowest BCUT2D eigenvalue weighted by atomic mass is 9.71. The van der Waals surface area contributed by atoms with E-state index < -0.39 is 9.84 Å². The van der Waals surface area contributed by atoms with E-state index in [1.165, 1.54) is 0 Å². The van der Waals surface area contributed by atoms with Crippen LogP contribution in [0.2, 0.25) is 0 Å². The summed E-state index contributed by atoms with van der Waals surface area (Å²) in [6, 6.07) is 16.7. The molecule has 2 aliphatic rings. The molecule has 1 heterocycles. The molecule has 2 aromatic rings. The molecule has 3 atom stereocenters. The maximum atomic E-state index is 13.0. The zero-order valence-corrected chi connectivity index (χ0v) is 18.2. The average Bonchev–Trinajstić information content (AvgIpc) is 2.77. The summed E-state index contributed by atoms with van der Waals surface area (Å²) in [5.74, 6) is 1.49. The van der Waals surface area contributed by atoms with Crippen molar-refractivity contribution >= 4 is 15.7 Å². The summed E-state index contributed by atoms with van der Waals surface area (Å²) in [6.07, 6.45) is 4.12. The molecule has 2 aromatic carbocycles. The monoisotopic (exact) mass is 427 g/mol. The van der Waals surface area contributed by atoms with Crippen LogP contribution in [0.5, 0.6) is 5.75 Å². The minimum absolute atomic E-state index is 0.0976. The number of piperidine rings is 1. The number of hydrogen-bond donors (Lipinski definition) is 0. The molecule has 0 bridgehead atoms. The molecule has 0 radical (unpaired) electrons. The van der Waals surface area contributed by atoms with E-state index in [2.05, 4.69) is 0 Å². The summed E-state index contributed by atoms with van der Waals surface area (Å²) in [7, 11) is -1.69. The summed E-state index contributed by atoms with van der Waals surface area (Å²) in [5, 5.41) is 0. The highest BCUT2D eigenvalue weighted by molar-refractivity contribution is 7.91. The molecule has 1 saturated heterocycles. The van der Waals surface area contributed by atoms with E-state index in [0.29, 0.717) is 17.9 Å². The van der Waals surface area contributed by atoms with E-state index in [4.69, 9.17) is 4.74 Å². The summed E-state index contributed by atoms with van der Waals surface area (Å²) in [6.45, 7) is 0.572. The number of benzene rings is 2. The van der Waals surface area contributed by atoms with Gasteiger partial charge in [-0.3, -0.25) is 4.79 Å². The van der Waals surface area contributed by atoms with Crippen molar-refractivity contribution in [2.75, 3.05) is 12.9 Å². The third-order valence-corrected chi connectivity index (χ3v) is 8.49. The quantitative estimate of drug-likeness (QED) is 0.697. The largest absolute Gasteiger partial charge is 0.497 e. The summed E-state index contributed by atoms with van der Waals surface area (Å²) >= 11 is 0. The number of likely N-dealkylation sites (tertiary alicyclic amines) is 1. The van der Waals surface area contributed by atoms with Crippen LogP contribution in [0.15, 0.2) is 59.5 Å². The molecule has 1 amide bonds. The van der Waals surface area contributed by atoms with E-state index in [1.54, 1.807) is 31.4 Å². The van der Waals surface area contributed by atoms with Gasteiger partial charge in [-0.05, 0) is 60.9 Å². The number of methoxy groups -OCH3 is 1. The number of sulfone groups is 1. The van der Waals surface area contributed by atoms with Gasteiger partial charge in [-0.25, -0.2) is 8.42 Å². The van der Waals surface area contributed by atoms with Crippen LogP contribution in [0.4, 0.5) is 0 Å². The molecule has 30 heavy (non-hydrogen) atoms. The van der Waals surface area contributed by atoms with Gasteiger partial charge in [-0.2, -0.15) is 0 Å². The molecule has 0 aromatic heterocycles. The molecule has 1 aliphatic carbocycles. The van der Waals surface area contributed by atoms with E-state index in [-0.39, 0.29) is 29.5 Å². The van der Waals surface area contributed by atoms with Gasteiger partial charge in [0.15, 0.2) is 9.84 Å². The number of rotatable bonds is 6. The van der Waals surface area contributed by atoms with E-state index in [1.807, 2.05) is 35.2 Å². The second kappa shape index (κ2) is 8.80. The van der Waals surface area contributed by atoms with Crippen molar-refractivity contribution in [2.45, 2.75) is 49.6 Å². The normalized spacial score (nSPS) is 24.4. The number of nitrogens with zero attached hydrogens (tertiary/aromatic N) is 1. The van der Waals surface area contributed by atoms with Crippen molar-refractivity contribution in [3.8, 4) is 5.75 Å². The van der Waals surface area contributed by atoms with Crippen molar-refractivity contribution in [3.05, 3.63) is 60.2 Å². The second-order valence-corrected chi connectivity index (χ2v) is 10.5. The maximum absolute atomic E-state index is 13.0. The molecular formula is C24H29NO4S. The Hall–Kier alpha value is -2.34. The maximum Gasteiger partial charge on any atom is 0.223 e. The third kappa shape index (κ3) is 4.38. The SMILES string of the molecule is COc1ccc(CN2C(=O)CC[C@@H]3[C@H](CS(=O)(=O)c4ccccc4)CCC[C@@H]32)cc1. The molecule has 0 unspecified atom stereocenters. The number of carbonyl (C=O) groups excluding carboxylic acids is 1. The molecule has 0 N–H and O–H groups in total. The van der Waals surface area contributed by atoms with Gasteiger partial charge < -0.3 is 9.64 Å². The second-order valence-electron chi connectivity index (χ2n) is 8.43. The molecule has 5 nitrogen and oxygen atoms in total. The number of amides is 1. The zero-order valence-electron chi connectivity index (χ0n) is 17.4. The summed E-state index contributed by atoms with van der Waals surface area (Å²) in [4.78, 5) is 15.2. The lowest BCUT2D eigenvalue weighted by Crippen LogP contribution is -2.52. The molecule has 0 spiro atoms. The molecule has 4 rings (SSSR count). The minimum Gasteiger partial charge on any atom is -0.497 e. The first kappa shape index (κ1) is 20.9. The van der Waals surface area contributed by atoms with Crippen molar-refractivity contribution in [1.29, 1.82) is 0 Å². The van der Waals surface area contributed by atoms with Crippen molar-refractivity contribution in [3.63, 3.8) is 0 Å². The first-order valence-corrected chi connectivity index (χ1v) is 12.3. The molecule has 6 heteroatoms. The highest BCUT2D eigenvalue weighted by Gasteiger charge is 2.43. The van der Waals surface area contributed by atoms with Gasteiger partial charge >= 0.3 is 0 Å². The predicted octanol–water partition coefficient (Wildman–Crippen LogP) is 4.08. The third-order valence-electron chi connectivity index (χ3n) is 6.63. The Morgan fingerprint density at radius 1 is 1.00 bits per heavy atom. The molecule has 1 aliphatic heterocycles. The number of hydrogen-bond acceptors (Lipinski definition) is 4. The van der Waals surface area contributed by atoms with Gasteiger partial charge in [0.1, 0.15) is 5.75 Å². The van der Waals surface area contributed by atoms with Crippen LogP contribution in [0, 0.1) is 11.8 Å². The molecule has 1 saturated carbocycles. The van der Waals surface area contributed by atoms with Crippen LogP contribution >= 0.6 is 0 Å². The van der Waals surface area contributed by atoms with E-state index in [9.17, 15) is 13.2 Å². The van der Waals surface area contributed by atoms with Gasteiger partial charge in [0.05, 0.1) is 17.8 Å². The molecule has 2 fully saturated rings. The Labute approximate surface area is 179 Å². The first-order chi connectivity index (χ1) is 14.5. The number of fused-ring (bicyclic) bond motifs is 1. The van der Waals surface area contributed by atoms with Crippen molar-refractivity contribution in [2.24, 2.45) is 11.8 Å². The van der Waals surface area contributed by atoms with Crippen LogP contribution in [-0.2, 0) is 21.2 Å². The number of carbonyl (C=O) groups is 1. The lowest BCUT2D eigenvalue weighted by Gasteiger charge is -2.47. The molecular weight excluding hydrogens is 398 g/mol. The van der Waals surface area contributed by atoms with Gasteiger partial charge in [0.2, 0.25) is 5.91 Å². The van der Waals surface area contributed by atoms with Gasteiger partial charge in [0, 0.05) is 19.0 Å². The summed E-state index contributed by atoms with van der Waals surface area (Å²) in [5.41, 5.74) is 1.07. The standard InChI is InChI=1S/C24H29NO4S/c1-29-20-12-10-18(11-13-20)16-25-23-9-5-6-19(22(23)14-15-24(25)26)17-30(27,28)21-7-3-2-4-8-21/h2-4,7-8,10-13,19,22-23H,5-6,9,14-17H2,1H3/t19-,22+,23-/m0/s1. The summed E-state index contributed by atoms with van der Waals surface area (Å²) < 4.78 is 31.2. The Bertz CT molecular complexity index is 972. The number of ether oxygens (including phenoxy) is 1. The van der Waals surface area contributed by atoms with Crippen LogP contribution < -0.4 is 4.74 Å². The highest BCUT2D eigenvalue weighted by atomic mass is 32.2. The van der Waals surface area contributed by atoms with Gasteiger partial charge in [0.25, 0.3) is 0 Å². The fourth-order valence-corrected chi connectivity index (χ4v) is 6.85. The van der Waals surface area contributed by atoms with E-state index in [0.717, 1.165) is 37.0 Å². The van der Waals surface area contributed by atoms with Crippen molar-refractivity contribution < 1.29 is 17.9 Å². The smallest absolute Gasteiger partial charge is 0.223 e. The Morgan fingerprint density at radius 2 is 1.73 bits per heavy atom. The van der Waals surface area contributed by atoms with Gasteiger partial charge in [-0.1, -0.05) is 36.8 Å². The minimum atomic E-state index is -3.33. The fraction of sp³-hybridized carbons (Fsp3) is 0.458. The Balaban J connectivity index is 1.51. The zero-order chi connectivity index (χ0) is 21.1. The highest BCUT2D eigenvalue weighted by Crippen LogP contribution is 2.41. The van der Waals surface area contributed by atoms with E-state index >= 15 is 0 Å². The Morgan fingerprint density at radius 3 is 2.43 bits per heavy atom. The topological polar surface area (TPSA) is 63.7 Å². The predicted molar refractivity (Wildman–Crippen MR) is 116 cm³/mol.